The standard InChI is InChI=1S/C15H23F3N4O2/c1-11(2)13(21-3-5-24-6-4-21)8-19-14(23)12-7-20-22(9-12)10-15(16,17)18/h7,9,11,13H,3-6,8,10H2,1-2H3,(H,19,23)/t13-/m1/s1. The van der Waals surface area contributed by atoms with Crippen molar-refractivity contribution in [2.75, 3.05) is 32.8 Å². The van der Waals surface area contributed by atoms with Crippen LogP contribution in [0.25, 0.3) is 0 Å². The number of hydrogen-bond donors (Lipinski definition) is 1. The molecule has 6 nitrogen and oxygen atoms in total. The van der Waals surface area contributed by atoms with Crippen molar-refractivity contribution in [3.63, 3.8) is 0 Å². The zero-order valence-electron chi connectivity index (χ0n) is 13.8. The summed E-state index contributed by atoms with van der Waals surface area (Å²) in [5, 5.41) is 6.38. The van der Waals surface area contributed by atoms with Gasteiger partial charge in [-0.25, -0.2) is 0 Å². The van der Waals surface area contributed by atoms with Crippen molar-refractivity contribution in [1.29, 1.82) is 0 Å². The summed E-state index contributed by atoms with van der Waals surface area (Å²) < 4.78 is 43.0. The minimum absolute atomic E-state index is 0.128. The zero-order valence-corrected chi connectivity index (χ0v) is 13.8. The molecule has 0 saturated carbocycles. The SMILES string of the molecule is CC(C)[C@@H](CNC(=O)c1cnn(CC(F)(F)F)c1)N1CCOCC1. The summed E-state index contributed by atoms with van der Waals surface area (Å²) in [7, 11) is 0. The Balaban J connectivity index is 1.91. The predicted octanol–water partition coefficient (Wildman–Crippen LogP) is 1.53. The number of aromatic nitrogens is 2. The number of rotatable bonds is 6. The minimum atomic E-state index is -4.36. The summed E-state index contributed by atoms with van der Waals surface area (Å²) >= 11 is 0. The number of nitrogens with one attached hydrogen (secondary N) is 1. The number of nitrogens with zero attached hydrogens (tertiary/aromatic N) is 3. The van der Waals surface area contributed by atoms with E-state index in [4.69, 9.17) is 4.74 Å². The van der Waals surface area contributed by atoms with E-state index in [1.54, 1.807) is 0 Å². The van der Waals surface area contributed by atoms with Crippen LogP contribution in [0.5, 0.6) is 0 Å². The Morgan fingerprint density at radius 3 is 2.62 bits per heavy atom. The van der Waals surface area contributed by atoms with Crippen molar-refractivity contribution in [3.05, 3.63) is 18.0 Å². The smallest absolute Gasteiger partial charge is 0.379 e. The number of carbonyl (C=O) groups is 1. The maximum atomic E-state index is 12.3. The van der Waals surface area contributed by atoms with E-state index in [9.17, 15) is 18.0 Å². The average molecular weight is 348 g/mol. The lowest BCUT2D eigenvalue weighted by atomic mass is 10.0. The highest BCUT2D eigenvalue weighted by Gasteiger charge is 2.29. The van der Waals surface area contributed by atoms with Crippen molar-refractivity contribution < 1.29 is 22.7 Å². The maximum absolute atomic E-state index is 12.3. The molecule has 2 rings (SSSR count). The fourth-order valence-electron chi connectivity index (χ4n) is 2.75. The second-order valence-corrected chi connectivity index (χ2v) is 6.21. The van der Waals surface area contributed by atoms with Crippen molar-refractivity contribution in [2.45, 2.75) is 32.6 Å². The molecule has 1 aromatic heterocycles. The van der Waals surface area contributed by atoms with Crippen LogP contribution < -0.4 is 5.32 Å². The molecule has 0 unspecified atom stereocenters. The fourth-order valence-corrected chi connectivity index (χ4v) is 2.75. The third-order valence-electron chi connectivity index (χ3n) is 3.99. The number of ether oxygens (including phenoxy) is 1. The van der Waals surface area contributed by atoms with Gasteiger partial charge in [0.15, 0.2) is 0 Å². The topological polar surface area (TPSA) is 59.4 Å². The Bertz CT molecular complexity index is 539. The van der Waals surface area contributed by atoms with Crippen LogP contribution in [-0.4, -0.2) is 65.7 Å². The molecule has 1 aliphatic rings. The molecule has 2 heterocycles. The highest BCUT2D eigenvalue weighted by molar-refractivity contribution is 5.93. The first-order chi connectivity index (χ1) is 11.3. The molecule has 1 amide bonds. The van der Waals surface area contributed by atoms with Crippen LogP contribution in [0.3, 0.4) is 0 Å². The van der Waals surface area contributed by atoms with Crippen LogP contribution in [0.4, 0.5) is 13.2 Å². The highest BCUT2D eigenvalue weighted by Crippen LogP contribution is 2.17. The molecule has 1 fully saturated rings. The second kappa shape index (κ2) is 7.98. The van der Waals surface area contributed by atoms with Crippen LogP contribution in [0.1, 0.15) is 24.2 Å². The number of hydrogen-bond acceptors (Lipinski definition) is 4. The van der Waals surface area contributed by atoms with Crippen molar-refractivity contribution in [1.82, 2.24) is 20.0 Å². The highest BCUT2D eigenvalue weighted by atomic mass is 19.4. The van der Waals surface area contributed by atoms with Gasteiger partial charge in [0.1, 0.15) is 6.54 Å². The Labute approximate surface area is 138 Å². The van der Waals surface area contributed by atoms with E-state index >= 15 is 0 Å². The first-order valence-corrected chi connectivity index (χ1v) is 7.95. The monoisotopic (exact) mass is 348 g/mol. The van der Waals surface area contributed by atoms with Gasteiger partial charge >= 0.3 is 6.18 Å². The average Bonchev–Trinajstić information content (AvgIpc) is 2.94. The third kappa shape index (κ3) is 5.48. The molecule has 1 aromatic rings. The lowest BCUT2D eigenvalue weighted by Crippen LogP contribution is -2.51. The van der Waals surface area contributed by atoms with Gasteiger partial charge in [0.25, 0.3) is 5.91 Å². The van der Waals surface area contributed by atoms with Crippen LogP contribution in [0, 0.1) is 5.92 Å². The fraction of sp³-hybridized carbons (Fsp3) is 0.733. The van der Waals surface area contributed by atoms with E-state index in [1.165, 1.54) is 0 Å². The van der Waals surface area contributed by atoms with E-state index in [0.29, 0.717) is 25.7 Å². The summed E-state index contributed by atoms with van der Waals surface area (Å²) in [6.45, 7) is 6.33. The van der Waals surface area contributed by atoms with Crippen LogP contribution in [0.2, 0.25) is 0 Å². The molecular formula is C15H23F3N4O2. The number of carbonyl (C=O) groups excluding carboxylic acids is 1. The molecule has 1 N–H and O–H groups in total. The summed E-state index contributed by atoms with van der Waals surface area (Å²) in [5.41, 5.74) is 0.128. The van der Waals surface area contributed by atoms with E-state index < -0.39 is 18.6 Å². The van der Waals surface area contributed by atoms with Gasteiger partial charge in [-0.15, -0.1) is 0 Å². The summed E-state index contributed by atoms with van der Waals surface area (Å²) in [6, 6.07) is 0.156. The molecule has 1 saturated heterocycles. The van der Waals surface area contributed by atoms with Gasteiger partial charge in [-0.1, -0.05) is 13.8 Å². The Morgan fingerprint density at radius 2 is 2.04 bits per heavy atom. The van der Waals surface area contributed by atoms with Gasteiger partial charge in [-0.2, -0.15) is 18.3 Å². The van der Waals surface area contributed by atoms with Crippen LogP contribution >= 0.6 is 0 Å². The molecule has 136 valence electrons. The summed E-state index contributed by atoms with van der Waals surface area (Å²) in [6.07, 6.45) is -2.10. The largest absolute Gasteiger partial charge is 0.408 e. The Kier molecular flexibility index (Phi) is 6.22. The molecule has 0 bridgehead atoms. The van der Waals surface area contributed by atoms with Gasteiger partial charge in [0, 0.05) is 31.9 Å². The normalized spacial score (nSPS) is 17.9. The first kappa shape index (κ1) is 18.7. The number of halogens is 3. The van der Waals surface area contributed by atoms with E-state index in [0.717, 1.165) is 30.2 Å². The van der Waals surface area contributed by atoms with Crippen molar-refractivity contribution >= 4 is 5.91 Å². The van der Waals surface area contributed by atoms with Crippen LogP contribution in [0.15, 0.2) is 12.4 Å². The second-order valence-electron chi connectivity index (χ2n) is 6.21. The minimum Gasteiger partial charge on any atom is -0.379 e. The van der Waals surface area contributed by atoms with Gasteiger partial charge < -0.3 is 10.1 Å². The number of amides is 1. The number of morpholine rings is 1. The summed E-state index contributed by atoms with van der Waals surface area (Å²) in [5.74, 6) is -0.0845. The lowest BCUT2D eigenvalue weighted by molar-refractivity contribution is -0.142. The van der Waals surface area contributed by atoms with Crippen LogP contribution in [-0.2, 0) is 11.3 Å². The predicted molar refractivity (Wildman–Crippen MR) is 81.6 cm³/mol. The van der Waals surface area contributed by atoms with E-state index in [1.807, 2.05) is 0 Å². The molecule has 0 aromatic carbocycles. The summed E-state index contributed by atoms with van der Waals surface area (Å²) in [4.78, 5) is 14.4. The molecule has 1 aliphatic heterocycles. The number of alkyl halides is 3. The Hall–Kier alpha value is -1.61. The molecule has 0 aliphatic carbocycles. The molecular weight excluding hydrogens is 325 g/mol. The molecule has 0 radical (unpaired) electrons. The van der Waals surface area contributed by atoms with Crippen molar-refractivity contribution in [2.24, 2.45) is 5.92 Å². The first-order valence-electron chi connectivity index (χ1n) is 7.95. The quantitative estimate of drug-likeness (QED) is 0.847. The molecule has 0 spiro atoms. The van der Waals surface area contributed by atoms with Gasteiger partial charge in [0.05, 0.1) is 25.0 Å². The van der Waals surface area contributed by atoms with E-state index in [-0.39, 0.29) is 11.6 Å². The lowest BCUT2D eigenvalue weighted by Gasteiger charge is -2.36. The molecule has 1 atom stereocenters. The third-order valence-corrected chi connectivity index (χ3v) is 3.99. The van der Waals surface area contributed by atoms with E-state index in [2.05, 4.69) is 29.2 Å². The van der Waals surface area contributed by atoms with Gasteiger partial charge in [0.2, 0.25) is 0 Å². The van der Waals surface area contributed by atoms with Gasteiger partial charge in [-0.05, 0) is 5.92 Å². The molecule has 9 heteroatoms. The van der Waals surface area contributed by atoms with Gasteiger partial charge in [-0.3, -0.25) is 14.4 Å². The molecule has 24 heavy (non-hydrogen) atoms. The maximum Gasteiger partial charge on any atom is 0.408 e. The Morgan fingerprint density at radius 1 is 1.38 bits per heavy atom. The zero-order chi connectivity index (χ0) is 17.7. The van der Waals surface area contributed by atoms with Crippen molar-refractivity contribution in [3.8, 4) is 0 Å².